The number of likely N-dealkylation sites (tertiary alicyclic amines) is 1. The first-order valence-electron chi connectivity index (χ1n) is 7.37. The topological polar surface area (TPSA) is 60.8 Å². The smallest absolute Gasteiger partial charge is 0.255 e. The molecule has 5 heteroatoms. The van der Waals surface area contributed by atoms with E-state index in [1.807, 2.05) is 6.92 Å². The van der Waals surface area contributed by atoms with Crippen LogP contribution >= 0.6 is 11.6 Å². The Morgan fingerprint density at radius 1 is 1.48 bits per heavy atom. The van der Waals surface area contributed by atoms with Gasteiger partial charge >= 0.3 is 0 Å². The Kier molecular flexibility index (Phi) is 5.25. The second kappa shape index (κ2) is 6.77. The molecule has 1 aliphatic rings. The molecular weight excluding hydrogens is 290 g/mol. The number of carbonyl (C=O) groups excluding carboxylic acids is 1. The van der Waals surface area contributed by atoms with Gasteiger partial charge in [-0.3, -0.25) is 4.79 Å². The number of benzene rings is 1. The van der Waals surface area contributed by atoms with Gasteiger partial charge in [0.15, 0.2) is 0 Å². The number of β-amino-alcohol motifs (C(OH)–C–C–N with tert-alkyl or cyclic N) is 1. The summed E-state index contributed by atoms with van der Waals surface area (Å²) in [7, 11) is 0. The molecule has 0 radical (unpaired) electrons. The van der Waals surface area contributed by atoms with Crippen LogP contribution in [-0.4, -0.2) is 46.8 Å². The maximum absolute atomic E-state index is 12.5. The number of halogens is 1. The second-order valence-electron chi connectivity index (χ2n) is 5.77. The molecule has 1 aromatic carbocycles. The van der Waals surface area contributed by atoms with E-state index in [2.05, 4.69) is 0 Å². The van der Waals surface area contributed by atoms with E-state index in [1.54, 1.807) is 29.2 Å². The van der Waals surface area contributed by atoms with E-state index in [4.69, 9.17) is 11.6 Å². The van der Waals surface area contributed by atoms with Crippen LogP contribution in [0.3, 0.4) is 0 Å². The van der Waals surface area contributed by atoms with Gasteiger partial charge in [0.1, 0.15) is 0 Å². The normalized spacial score (nSPS) is 25.9. The molecule has 0 saturated carbocycles. The highest BCUT2D eigenvalue weighted by Crippen LogP contribution is 2.36. The van der Waals surface area contributed by atoms with E-state index in [0.717, 1.165) is 12.8 Å². The van der Waals surface area contributed by atoms with Gasteiger partial charge in [-0.25, -0.2) is 0 Å². The lowest BCUT2D eigenvalue weighted by Crippen LogP contribution is -2.54. The SMILES string of the molecule is CCC[C@]1(CO)CCN(C(=O)c2ccccc2Cl)C[C@H]1O. The van der Waals surface area contributed by atoms with Crippen molar-refractivity contribution in [3.63, 3.8) is 0 Å². The maximum Gasteiger partial charge on any atom is 0.255 e. The summed E-state index contributed by atoms with van der Waals surface area (Å²) in [5.74, 6) is -0.164. The van der Waals surface area contributed by atoms with E-state index < -0.39 is 11.5 Å². The Morgan fingerprint density at radius 2 is 2.19 bits per heavy atom. The van der Waals surface area contributed by atoms with Crippen molar-refractivity contribution in [1.82, 2.24) is 4.90 Å². The predicted octanol–water partition coefficient (Wildman–Crippen LogP) is 2.33. The van der Waals surface area contributed by atoms with Gasteiger partial charge in [0.05, 0.1) is 23.3 Å². The molecule has 21 heavy (non-hydrogen) atoms. The fraction of sp³-hybridized carbons (Fsp3) is 0.562. The first kappa shape index (κ1) is 16.3. The number of piperidine rings is 1. The average molecular weight is 312 g/mol. The number of hydrogen-bond acceptors (Lipinski definition) is 3. The van der Waals surface area contributed by atoms with Crippen molar-refractivity contribution in [2.24, 2.45) is 5.41 Å². The fourth-order valence-corrected chi connectivity index (χ4v) is 3.28. The molecule has 116 valence electrons. The van der Waals surface area contributed by atoms with E-state index in [-0.39, 0.29) is 19.1 Å². The van der Waals surface area contributed by atoms with Crippen LogP contribution < -0.4 is 0 Å². The van der Waals surface area contributed by atoms with Crippen molar-refractivity contribution in [1.29, 1.82) is 0 Å². The van der Waals surface area contributed by atoms with Gasteiger partial charge in [0, 0.05) is 18.5 Å². The van der Waals surface area contributed by atoms with E-state index >= 15 is 0 Å². The van der Waals surface area contributed by atoms with Gasteiger partial charge in [0.25, 0.3) is 5.91 Å². The summed E-state index contributed by atoms with van der Waals surface area (Å²) < 4.78 is 0. The minimum Gasteiger partial charge on any atom is -0.396 e. The zero-order chi connectivity index (χ0) is 15.5. The van der Waals surface area contributed by atoms with Crippen molar-refractivity contribution in [2.45, 2.75) is 32.3 Å². The molecule has 1 heterocycles. The Morgan fingerprint density at radius 3 is 2.76 bits per heavy atom. The number of carbonyl (C=O) groups is 1. The van der Waals surface area contributed by atoms with E-state index in [1.165, 1.54) is 0 Å². The van der Waals surface area contributed by atoms with Gasteiger partial charge in [-0.1, -0.05) is 37.1 Å². The summed E-state index contributed by atoms with van der Waals surface area (Å²) in [6.07, 6.45) is 1.56. The molecule has 1 amide bonds. The summed E-state index contributed by atoms with van der Waals surface area (Å²) in [6, 6.07) is 6.93. The number of nitrogens with zero attached hydrogens (tertiary/aromatic N) is 1. The van der Waals surface area contributed by atoms with Crippen LogP contribution in [0.25, 0.3) is 0 Å². The third-order valence-electron chi connectivity index (χ3n) is 4.43. The molecule has 0 spiro atoms. The molecule has 1 aliphatic heterocycles. The number of amides is 1. The average Bonchev–Trinajstić information content (AvgIpc) is 2.49. The Bertz CT molecular complexity index is 508. The van der Waals surface area contributed by atoms with Crippen molar-refractivity contribution in [3.05, 3.63) is 34.9 Å². The second-order valence-corrected chi connectivity index (χ2v) is 6.17. The highest BCUT2D eigenvalue weighted by molar-refractivity contribution is 6.33. The monoisotopic (exact) mass is 311 g/mol. The molecule has 0 unspecified atom stereocenters. The highest BCUT2D eigenvalue weighted by Gasteiger charge is 2.42. The predicted molar refractivity (Wildman–Crippen MR) is 82.4 cm³/mol. The van der Waals surface area contributed by atoms with Crippen molar-refractivity contribution in [3.8, 4) is 0 Å². The molecule has 1 aromatic rings. The molecule has 2 N–H and O–H groups in total. The molecular formula is C16H22ClNO3. The molecule has 1 fully saturated rings. The molecule has 0 bridgehead atoms. The molecule has 1 saturated heterocycles. The third-order valence-corrected chi connectivity index (χ3v) is 4.76. The number of hydrogen-bond donors (Lipinski definition) is 2. The Hall–Kier alpha value is -1.10. The molecule has 2 rings (SSSR count). The van der Waals surface area contributed by atoms with Gasteiger partial charge in [-0.2, -0.15) is 0 Å². The van der Waals surface area contributed by atoms with Crippen LogP contribution in [0.5, 0.6) is 0 Å². The zero-order valence-corrected chi connectivity index (χ0v) is 13.0. The first-order valence-corrected chi connectivity index (χ1v) is 7.74. The first-order chi connectivity index (χ1) is 10.0. The molecule has 2 atom stereocenters. The van der Waals surface area contributed by atoms with Crippen molar-refractivity contribution in [2.75, 3.05) is 19.7 Å². The molecule has 4 nitrogen and oxygen atoms in total. The summed E-state index contributed by atoms with van der Waals surface area (Å²) in [6.45, 7) is 2.76. The van der Waals surface area contributed by atoms with Crippen molar-refractivity contribution < 1.29 is 15.0 Å². The van der Waals surface area contributed by atoms with Crippen LogP contribution in [0.1, 0.15) is 36.5 Å². The van der Waals surface area contributed by atoms with Crippen LogP contribution in [0.15, 0.2) is 24.3 Å². The Labute approximate surface area is 130 Å². The third kappa shape index (κ3) is 3.23. The standard InChI is InChI=1S/C16H22ClNO3/c1-2-7-16(11-19)8-9-18(10-14(16)20)15(21)12-5-3-4-6-13(12)17/h3-6,14,19-20H,2,7-11H2,1H3/t14-,16-/m1/s1. The maximum atomic E-state index is 12.5. The van der Waals surface area contributed by atoms with Crippen LogP contribution in [0.4, 0.5) is 0 Å². The van der Waals surface area contributed by atoms with Crippen LogP contribution in [0.2, 0.25) is 5.02 Å². The van der Waals surface area contributed by atoms with E-state index in [0.29, 0.717) is 23.6 Å². The fourth-order valence-electron chi connectivity index (χ4n) is 3.06. The summed E-state index contributed by atoms with van der Waals surface area (Å²) >= 11 is 6.06. The van der Waals surface area contributed by atoms with Crippen molar-refractivity contribution >= 4 is 17.5 Å². The number of aliphatic hydroxyl groups is 2. The van der Waals surface area contributed by atoms with Gasteiger partial charge < -0.3 is 15.1 Å². The molecule has 0 aliphatic carbocycles. The summed E-state index contributed by atoms with van der Waals surface area (Å²) in [5.41, 5.74) is -0.0233. The largest absolute Gasteiger partial charge is 0.396 e. The minimum absolute atomic E-state index is 0.0455. The van der Waals surface area contributed by atoms with E-state index in [9.17, 15) is 15.0 Å². The lowest BCUT2D eigenvalue weighted by atomic mass is 9.73. The van der Waals surface area contributed by atoms with Gasteiger partial charge in [-0.15, -0.1) is 0 Å². The zero-order valence-electron chi connectivity index (χ0n) is 12.3. The lowest BCUT2D eigenvalue weighted by Gasteiger charge is -2.44. The summed E-state index contributed by atoms with van der Waals surface area (Å²) in [4.78, 5) is 14.1. The van der Waals surface area contributed by atoms with Gasteiger partial charge in [0.2, 0.25) is 0 Å². The van der Waals surface area contributed by atoms with Crippen LogP contribution in [0, 0.1) is 5.41 Å². The number of aliphatic hydroxyl groups excluding tert-OH is 2. The lowest BCUT2D eigenvalue weighted by molar-refractivity contribution is -0.0713. The minimum atomic E-state index is -0.706. The summed E-state index contributed by atoms with van der Waals surface area (Å²) in [5, 5.41) is 20.5. The molecule has 0 aromatic heterocycles. The number of rotatable bonds is 4. The Balaban J connectivity index is 2.12. The van der Waals surface area contributed by atoms with Crippen LogP contribution in [-0.2, 0) is 0 Å². The van der Waals surface area contributed by atoms with Gasteiger partial charge in [-0.05, 0) is 25.0 Å². The quantitative estimate of drug-likeness (QED) is 0.897. The highest BCUT2D eigenvalue weighted by atomic mass is 35.5.